The molecule has 1 aliphatic rings. The molecule has 1 aromatic carbocycles. The van der Waals surface area contributed by atoms with Gasteiger partial charge in [0.05, 0.1) is 25.5 Å². The van der Waals surface area contributed by atoms with Crippen LogP contribution in [0.25, 0.3) is 0 Å². The van der Waals surface area contributed by atoms with Crippen molar-refractivity contribution in [1.29, 1.82) is 0 Å². The number of nitrogens with one attached hydrogen (secondary N) is 1. The molecule has 0 aliphatic carbocycles. The molecule has 3 rings (SSSR count). The summed E-state index contributed by atoms with van der Waals surface area (Å²) in [6.45, 7) is 4.86. The number of methoxy groups -OCH3 is 2. The van der Waals surface area contributed by atoms with Crippen LogP contribution in [0.4, 0.5) is 11.4 Å². The number of esters is 1. The lowest BCUT2D eigenvalue weighted by atomic mass is 10.1. The van der Waals surface area contributed by atoms with E-state index in [4.69, 9.17) is 44.9 Å². The van der Waals surface area contributed by atoms with E-state index in [2.05, 4.69) is 20.1 Å². The summed E-state index contributed by atoms with van der Waals surface area (Å²) in [5.74, 6) is -0.0752. The number of aryl methyl sites for hydroxylation is 1. The standard InChI is InChI=1S/C21H24Cl2N4O3S/c1-4-17-16(20(28)30-3)12-18(19(24-17)29-2)25-21(31)27-7-5-26(6-8-27)15-10-13(22)9-14(23)11-15/h9-12H,4-8H2,1-3H3,(H,25,31). The lowest BCUT2D eigenvalue weighted by Crippen LogP contribution is -2.50. The van der Waals surface area contributed by atoms with Gasteiger partial charge in [-0.05, 0) is 42.9 Å². The van der Waals surface area contributed by atoms with Crippen LogP contribution in [0.5, 0.6) is 5.88 Å². The quantitative estimate of drug-likeness (QED) is 0.500. The fourth-order valence-corrected chi connectivity index (χ4v) is 4.22. The first-order valence-electron chi connectivity index (χ1n) is 9.79. The number of hydrogen-bond donors (Lipinski definition) is 1. The average Bonchev–Trinajstić information content (AvgIpc) is 2.77. The van der Waals surface area contributed by atoms with Crippen molar-refractivity contribution in [3.05, 3.63) is 45.6 Å². The number of hydrogen-bond acceptors (Lipinski definition) is 6. The van der Waals surface area contributed by atoms with E-state index in [1.807, 2.05) is 19.1 Å². The van der Waals surface area contributed by atoms with Gasteiger partial charge in [0.2, 0.25) is 5.88 Å². The molecule has 10 heteroatoms. The Morgan fingerprint density at radius 2 is 1.77 bits per heavy atom. The van der Waals surface area contributed by atoms with Crippen LogP contribution in [0.15, 0.2) is 24.3 Å². The van der Waals surface area contributed by atoms with E-state index in [0.29, 0.717) is 57.5 Å². The third-order valence-electron chi connectivity index (χ3n) is 5.02. The molecule has 0 unspecified atom stereocenters. The minimum atomic E-state index is -0.449. The highest BCUT2D eigenvalue weighted by molar-refractivity contribution is 7.80. The van der Waals surface area contributed by atoms with Crippen molar-refractivity contribution < 1.29 is 14.3 Å². The number of pyridine rings is 1. The number of piperazine rings is 1. The monoisotopic (exact) mass is 482 g/mol. The molecule has 2 aromatic rings. The number of nitrogens with zero attached hydrogens (tertiary/aromatic N) is 3. The maximum Gasteiger partial charge on any atom is 0.339 e. The minimum Gasteiger partial charge on any atom is -0.480 e. The van der Waals surface area contributed by atoms with Crippen LogP contribution >= 0.6 is 35.4 Å². The van der Waals surface area contributed by atoms with Crippen molar-refractivity contribution in [2.75, 3.05) is 50.6 Å². The molecule has 0 bridgehead atoms. The number of thiocarbonyl (C=S) groups is 1. The number of ether oxygens (including phenoxy) is 2. The van der Waals surface area contributed by atoms with Crippen molar-refractivity contribution in [1.82, 2.24) is 9.88 Å². The lowest BCUT2D eigenvalue weighted by molar-refractivity contribution is 0.0599. The Balaban J connectivity index is 1.71. The third-order valence-corrected chi connectivity index (χ3v) is 5.82. The number of rotatable bonds is 5. The number of carbonyl (C=O) groups excluding carboxylic acids is 1. The zero-order valence-corrected chi connectivity index (χ0v) is 19.9. The zero-order chi connectivity index (χ0) is 22.5. The zero-order valence-electron chi connectivity index (χ0n) is 17.6. The topological polar surface area (TPSA) is 66.9 Å². The molecular weight excluding hydrogens is 459 g/mol. The van der Waals surface area contributed by atoms with Gasteiger partial charge in [-0.25, -0.2) is 9.78 Å². The smallest absolute Gasteiger partial charge is 0.339 e. The lowest BCUT2D eigenvalue weighted by Gasteiger charge is -2.37. The maximum atomic E-state index is 12.2. The summed E-state index contributed by atoms with van der Waals surface area (Å²) < 4.78 is 10.3. The fraction of sp³-hybridized carbons (Fsp3) is 0.381. The van der Waals surface area contributed by atoms with Crippen molar-refractivity contribution in [2.45, 2.75) is 13.3 Å². The van der Waals surface area contributed by atoms with Crippen molar-refractivity contribution in [2.24, 2.45) is 0 Å². The van der Waals surface area contributed by atoms with E-state index in [9.17, 15) is 4.79 Å². The summed E-state index contributed by atoms with van der Waals surface area (Å²) in [6, 6.07) is 7.20. The third kappa shape index (κ3) is 5.50. The predicted molar refractivity (Wildman–Crippen MR) is 128 cm³/mol. The Morgan fingerprint density at radius 1 is 1.13 bits per heavy atom. The number of benzene rings is 1. The van der Waals surface area contributed by atoms with Crippen LogP contribution in [0.1, 0.15) is 23.0 Å². The Bertz CT molecular complexity index is 961. The molecule has 31 heavy (non-hydrogen) atoms. The highest BCUT2D eigenvalue weighted by Gasteiger charge is 2.22. The van der Waals surface area contributed by atoms with E-state index >= 15 is 0 Å². The molecule has 1 aliphatic heterocycles. The highest BCUT2D eigenvalue weighted by atomic mass is 35.5. The molecule has 0 saturated carbocycles. The maximum absolute atomic E-state index is 12.2. The number of aromatic nitrogens is 1. The summed E-state index contributed by atoms with van der Waals surface area (Å²) in [5.41, 5.74) is 2.50. The summed E-state index contributed by atoms with van der Waals surface area (Å²) in [4.78, 5) is 20.9. The van der Waals surface area contributed by atoms with Gasteiger partial charge in [0, 0.05) is 41.9 Å². The highest BCUT2D eigenvalue weighted by Crippen LogP contribution is 2.28. The SMILES string of the molecule is CCc1nc(OC)c(NC(=S)N2CCN(c3cc(Cl)cc(Cl)c3)CC2)cc1C(=O)OC. The van der Waals surface area contributed by atoms with Gasteiger partial charge in [-0.2, -0.15) is 0 Å². The molecule has 0 amide bonds. The van der Waals surface area contributed by atoms with Gasteiger partial charge < -0.3 is 24.6 Å². The summed E-state index contributed by atoms with van der Waals surface area (Å²) in [5, 5.41) is 4.93. The predicted octanol–water partition coefficient (Wildman–Crippen LogP) is 4.27. The Morgan fingerprint density at radius 3 is 2.32 bits per heavy atom. The molecule has 0 radical (unpaired) electrons. The Hall–Kier alpha value is -2.29. The van der Waals surface area contributed by atoms with Gasteiger partial charge in [-0.3, -0.25) is 0 Å². The normalized spacial score (nSPS) is 13.7. The molecule has 7 nitrogen and oxygen atoms in total. The molecule has 0 atom stereocenters. The van der Waals surface area contributed by atoms with Crippen LogP contribution < -0.4 is 15.0 Å². The molecule has 2 heterocycles. The largest absolute Gasteiger partial charge is 0.480 e. The van der Waals surface area contributed by atoms with Crippen LogP contribution in [0.3, 0.4) is 0 Å². The second-order valence-corrected chi connectivity index (χ2v) is 8.18. The Kier molecular flexibility index (Phi) is 7.80. The number of anilines is 2. The van der Waals surface area contributed by atoms with E-state index in [-0.39, 0.29) is 0 Å². The molecule has 1 aromatic heterocycles. The summed E-state index contributed by atoms with van der Waals surface area (Å²) in [7, 11) is 2.87. The van der Waals surface area contributed by atoms with Crippen molar-refractivity contribution in [3.8, 4) is 5.88 Å². The molecule has 166 valence electrons. The van der Waals surface area contributed by atoms with Gasteiger partial charge in [0.25, 0.3) is 0 Å². The van der Waals surface area contributed by atoms with Crippen LogP contribution in [0, 0.1) is 0 Å². The van der Waals surface area contributed by atoms with E-state index < -0.39 is 5.97 Å². The molecular formula is C21H24Cl2N4O3S. The second kappa shape index (κ2) is 10.3. The summed E-state index contributed by atoms with van der Waals surface area (Å²) >= 11 is 17.9. The number of carbonyl (C=O) groups is 1. The van der Waals surface area contributed by atoms with Crippen molar-refractivity contribution >= 4 is 57.9 Å². The van der Waals surface area contributed by atoms with Gasteiger partial charge in [0.15, 0.2) is 5.11 Å². The molecule has 1 saturated heterocycles. The minimum absolute atomic E-state index is 0.374. The van der Waals surface area contributed by atoms with E-state index in [0.717, 1.165) is 18.8 Å². The fourth-order valence-electron chi connectivity index (χ4n) is 3.42. The first kappa shape index (κ1) is 23.4. The van der Waals surface area contributed by atoms with Crippen LogP contribution in [-0.2, 0) is 11.2 Å². The van der Waals surface area contributed by atoms with Crippen LogP contribution in [-0.4, -0.2) is 61.4 Å². The van der Waals surface area contributed by atoms with E-state index in [1.54, 1.807) is 12.1 Å². The van der Waals surface area contributed by atoms with Gasteiger partial charge in [0.1, 0.15) is 5.69 Å². The Labute approximate surface area is 197 Å². The molecule has 0 spiro atoms. The van der Waals surface area contributed by atoms with Gasteiger partial charge >= 0.3 is 5.97 Å². The molecule has 1 fully saturated rings. The van der Waals surface area contributed by atoms with E-state index in [1.165, 1.54) is 14.2 Å². The first-order chi connectivity index (χ1) is 14.9. The second-order valence-electron chi connectivity index (χ2n) is 6.92. The van der Waals surface area contributed by atoms with Gasteiger partial charge in [-0.15, -0.1) is 0 Å². The van der Waals surface area contributed by atoms with Crippen molar-refractivity contribution in [3.63, 3.8) is 0 Å². The number of halogens is 2. The first-order valence-corrected chi connectivity index (χ1v) is 11.0. The van der Waals surface area contributed by atoms with Gasteiger partial charge in [-0.1, -0.05) is 30.1 Å². The average molecular weight is 483 g/mol. The summed E-state index contributed by atoms with van der Waals surface area (Å²) in [6.07, 6.45) is 0.570. The molecule has 1 N–H and O–H groups in total. The van der Waals surface area contributed by atoms with Crippen LogP contribution in [0.2, 0.25) is 10.0 Å².